The lowest BCUT2D eigenvalue weighted by Gasteiger charge is -2.20. The molecule has 0 amide bonds. The first kappa shape index (κ1) is 22.2. The molecule has 2 aromatic heterocycles. The smallest absolute Gasteiger partial charge is 0.316 e. The predicted octanol–water partition coefficient (Wildman–Crippen LogP) is 4.59. The topological polar surface area (TPSA) is 88.4 Å². The molecule has 0 bridgehead atoms. The number of carbonyl (C=O) groups excluding carboxylic acids is 1. The maximum Gasteiger partial charge on any atom is 0.316 e. The van der Waals surface area contributed by atoms with Gasteiger partial charge in [0.05, 0.1) is 10.8 Å². The molecule has 1 aliphatic heterocycles. The molecule has 0 atom stereocenters. The van der Waals surface area contributed by atoms with Gasteiger partial charge in [0.15, 0.2) is 22.5 Å². The van der Waals surface area contributed by atoms with E-state index < -0.39 is 0 Å². The van der Waals surface area contributed by atoms with Crippen molar-refractivity contribution in [2.24, 2.45) is 0 Å². The molecule has 0 unspecified atom stereocenters. The average molecular weight is 495 g/mol. The Hall–Kier alpha value is -3.56. The summed E-state index contributed by atoms with van der Waals surface area (Å²) < 4.78 is 18.4. The Bertz CT molecular complexity index is 1300. The number of fused-ring (bicyclic) bond motifs is 1. The first-order valence-electron chi connectivity index (χ1n) is 10.5. The zero-order valence-corrected chi connectivity index (χ0v) is 19.5. The fourth-order valence-electron chi connectivity index (χ4n) is 3.43. The number of rotatable bonds is 7. The van der Waals surface area contributed by atoms with E-state index in [1.54, 1.807) is 24.5 Å². The number of para-hydroxylation sites is 1. The molecule has 3 heterocycles. The number of ether oxygens (including phenoxy) is 3. The molecule has 0 radical (unpaired) electrons. The molecule has 8 nitrogen and oxygen atoms in total. The van der Waals surface area contributed by atoms with E-state index in [-0.39, 0.29) is 18.3 Å². The van der Waals surface area contributed by atoms with Gasteiger partial charge in [-0.2, -0.15) is 0 Å². The van der Waals surface area contributed by atoms with Gasteiger partial charge >= 0.3 is 5.97 Å². The van der Waals surface area contributed by atoms with Crippen LogP contribution in [-0.4, -0.2) is 44.7 Å². The van der Waals surface area contributed by atoms with Gasteiger partial charge in [-0.05, 0) is 42.0 Å². The second-order valence-corrected chi connectivity index (χ2v) is 8.62. The summed E-state index contributed by atoms with van der Waals surface area (Å²) in [5, 5.41) is 9.66. The summed E-state index contributed by atoms with van der Waals surface area (Å²) in [5.41, 5.74) is 2.43. The lowest BCUT2D eigenvalue weighted by atomic mass is 10.2. The van der Waals surface area contributed by atoms with Crippen LogP contribution >= 0.6 is 23.4 Å². The third-order valence-electron chi connectivity index (χ3n) is 4.94. The molecular formula is C24H19ClN4O4S. The molecule has 0 aliphatic carbocycles. The lowest BCUT2D eigenvalue weighted by Crippen LogP contribution is -2.16. The second-order valence-electron chi connectivity index (χ2n) is 7.27. The van der Waals surface area contributed by atoms with Crippen LogP contribution in [0.5, 0.6) is 11.5 Å². The number of carbonyl (C=O) groups is 1. The molecule has 5 rings (SSSR count). The quantitative estimate of drug-likeness (QED) is 0.272. The number of thioether (sulfide) groups is 1. The summed E-state index contributed by atoms with van der Waals surface area (Å²) in [4.78, 5) is 16.7. The third-order valence-corrected chi connectivity index (χ3v) is 6.13. The maximum absolute atomic E-state index is 12.5. The minimum absolute atomic E-state index is 0.0658. The molecule has 0 N–H and O–H groups in total. The first-order chi connectivity index (χ1) is 16.7. The Balaban J connectivity index is 1.28. The second kappa shape index (κ2) is 10.1. The summed E-state index contributed by atoms with van der Waals surface area (Å²) in [6.07, 6.45) is 3.43. The van der Waals surface area contributed by atoms with Crippen molar-refractivity contribution < 1.29 is 19.0 Å². The first-order valence-corrected chi connectivity index (χ1v) is 11.8. The molecule has 172 valence electrons. The van der Waals surface area contributed by atoms with Crippen LogP contribution in [0, 0.1) is 0 Å². The number of pyridine rings is 1. The molecule has 0 fully saturated rings. The number of nitrogens with zero attached hydrogens (tertiary/aromatic N) is 4. The average Bonchev–Trinajstić information content (AvgIpc) is 3.31. The Morgan fingerprint density at radius 2 is 1.94 bits per heavy atom. The Labute approximate surface area is 204 Å². The van der Waals surface area contributed by atoms with Crippen molar-refractivity contribution in [3.63, 3.8) is 0 Å². The molecule has 2 aromatic carbocycles. The van der Waals surface area contributed by atoms with Gasteiger partial charge in [-0.15, -0.1) is 10.2 Å². The van der Waals surface area contributed by atoms with E-state index in [9.17, 15) is 4.79 Å². The Morgan fingerprint density at radius 3 is 2.76 bits per heavy atom. The van der Waals surface area contributed by atoms with E-state index in [4.69, 9.17) is 25.8 Å². The number of hydrogen-bond donors (Lipinski definition) is 0. The van der Waals surface area contributed by atoms with Crippen LogP contribution in [0.1, 0.15) is 5.56 Å². The molecule has 0 saturated carbocycles. The third kappa shape index (κ3) is 4.85. The van der Waals surface area contributed by atoms with Gasteiger partial charge in [-0.3, -0.25) is 14.3 Å². The summed E-state index contributed by atoms with van der Waals surface area (Å²) >= 11 is 7.51. The summed E-state index contributed by atoms with van der Waals surface area (Å²) in [5.74, 6) is 1.39. The molecule has 0 saturated heterocycles. The number of benzene rings is 2. The minimum Gasteiger partial charge on any atom is -0.486 e. The van der Waals surface area contributed by atoms with E-state index in [1.807, 2.05) is 47.0 Å². The fourth-order valence-corrected chi connectivity index (χ4v) is 4.47. The molecule has 10 heteroatoms. The lowest BCUT2D eigenvalue weighted by molar-refractivity contribution is -0.141. The van der Waals surface area contributed by atoms with Crippen molar-refractivity contribution in [1.29, 1.82) is 0 Å². The zero-order chi connectivity index (χ0) is 23.3. The summed E-state index contributed by atoms with van der Waals surface area (Å²) in [7, 11) is 0. The highest BCUT2D eigenvalue weighted by atomic mass is 35.5. The van der Waals surface area contributed by atoms with Crippen molar-refractivity contribution >= 4 is 29.3 Å². The molecule has 34 heavy (non-hydrogen) atoms. The van der Waals surface area contributed by atoms with Gasteiger partial charge in [0.2, 0.25) is 0 Å². The molecule has 0 spiro atoms. The van der Waals surface area contributed by atoms with Gasteiger partial charge in [0.25, 0.3) is 0 Å². The van der Waals surface area contributed by atoms with Gasteiger partial charge in [0, 0.05) is 23.6 Å². The van der Waals surface area contributed by atoms with Crippen molar-refractivity contribution in [3.8, 4) is 28.6 Å². The van der Waals surface area contributed by atoms with Crippen LogP contribution in [0.3, 0.4) is 0 Å². The van der Waals surface area contributed by atoms with E-state index in [1.165, 1.54) is 11.8 Å². The fraction of sp³-hybridized carbons (Fsp3) is 0.167. The summed E-state index contributed by atoms with van der Waals surface area (Å²) in [6, 6.07) is 17.0. The predicted molar refractivity (Wildman–Crippen MR) is 128 cm³/mol. The number of esters is 1. The highest BCUT2D eigenvalue weighted by Crippen LogP contribution is 2.38. The van der Waals surface area contributed by atoms with Crippen LogP contribution in [0.4, 0.5) is 0 Å². The van der Waals surface area contributed by atoms with Gasteiger partial charge in [0.1, 0.15) is 19.8 Å². The van der Waals surface area contributed by atoms with Crippen LogP contribution in [0.2, 0.25) is 5.02 Å². The monoisotopic (exact) mass is 494 g/mol. The largest absolute Gasteiger partial charge is 0.486 e. The van der Waals surface area contributed by atoms with Gasteiger partial charge in [-0.1, -0.05) is 41.6 Å². The van der Waals surface area contributed by atoms with Crippen molar-refractivity contribution in [3.05, 3.63) is 77.6 Å². The summed E-state index contributed by atoms with van der Waals surface area (Å²) in [6.45, 7) is 0.975. The standard InChI is InChI=1S/C24H19ClN4O4S/c25-19-11-16(12-20-22(19)32-10-9-31-20)14-33-21(30)15-34-24-28-27-23(17-5-4-8-26-13-17)29(24)18-6-2-1-3-7-18/h1-8,11-13H,9-10,14-15H2. The van der Waals surface area contributed by atoms with E-state index in [2.05, 4.69) is 15.2 Å². The Kier molecular flexibility index (Phi) is 6.64. The SMILES string of the molecule is O=C(CSc1nnc(-c2cccnc2)n1-c1ccccc1)OCc1cc(Cl)c2c(c1)OCCO2. The molecule has 1 aliphatic rings. The van der Waals surface area contributed by atoms with Crippen molar-refractivity contribution in [2.75, 3.05) is 19.0 Å². The van der Waals surface area contributed by atoms with Crippen LogP contribution in [-0.2, 0) is 16.1 Å². The zero-order valence-electron chi connectivity index (χ0n) is 17.9. The van der Waals surface area contributed by atoms with Crippen LogP contribution < -0.4 is 9.47 Å². The van der Waals surface area contributed by atoms with E-state index in [0.717, 1.165) is 16.8 Å². The number of halogens is 1. The minimum atomic E-state index is -0.387. The molecular weight excluding hydrogens is 476 g/mol. The van der Waals surface area contributed by atoms with Crippen LogP contribution in [0.15, 0.2) is 72.1 Å². The van der Waals surface area contributed by atoms with Crippen LogP contribution in [0.25, 0.3) is 17.1 Å². The molecule has 4 aromatic rings. The highest BCUT2D eigenvalue weighted by Gasteiger charge is 2.19. The van der Waals surface area contributed by atoms with Crippen molar-refractivity contribution in [1.82, 2.24) is 19.7 Å². The van der Waals surface area contributed by atoms with Crippen molar-refractivity contribution in [2.45, 2.75) is 11.8 Å². The normalized spacial score (nSPS) is 12.4. The number of aromatic nitrogens is 4. The van der Waals surface area contributed by atoms with E-state index >= 15 is 0 Å². The highest BCUT2D eigenvalue weighted by molar-refractivity contribution is 7.99. The van der Waals surface area contributed by atoms with Gasteiger partial charge in [-0.25, -0.2) is 0 Å². The van der Waals surface area contributed by atoms with Gasteiger partial charge < -0.3 is 14.2 Å². The maximum atomic E-state index is 12.5. The van der Waals surface area contributed by atoms with E-state index in [0.29, 0.717) is 40.7 Å². The Morgan fingerprint density at radius 1 is 1.09 bits per heavy atom. The number of hydrogen-bond acceptors (Lipinski definition) is 8.